The Kier molecular flexibility index (Phi) is 3.83. The average molecular weight is 447 g/mol. The molecular weight excluding hydrogens is 420 g/mol. The summed E-state index contributed by atoms with van der Waals surface area (Å²) in [5.74, 6) is 0.928. The number of fused-ring (bicyclic) bond motifs is 7. The first kappa shape index (κ1) is 19.7. The fourth-order valence-electron chi connectivity index (χ4n) is 6.68. The van der Waals surface area contributed by atoms with Gasteiger partial charge in [0.25, 0.3) is 0 Å². The number of carbonyl (C=O) groups is 1. The van der Waals surface area contributed by atoms with E-state index < -0.39 is 5.72 Å². The third kappa shape index (κ3) is 2.35. The Hall–Kier alpha value is -3.79. The van der Waals surface area contributed by atoms with Gasteiger partial charge in [0.1, 0.15) is 11.8 Å². The van der Waals surface area contributed by atoms with Crippen LogP contribution >= 0.6 is 0 Å². The van der Waals surface area contributed by atoms with E-state index >= 15 is 0 Å². The van der Waals surface area contributed by atoms with E-state index in [0.717, 1.165) is 29.1 Å². The van der Waals surface area contributed by atoms with E-state index in [1.54, 1.807) is 0 Å². The van der Waals surface area contributed by atoms with Gasteiger partial charge in [-0.3, -0.25) is 4.79 Å². The van der Waals surface area contributed by atoms with Gasteiger partial charge in [0.05, 0.1) is 5.41 Å². The summed E-state index contributed by atoms with van der Waals surface area (Å²) in [5, 5.41) is 5.55. The zero-order valence-electron chi connectivity index (χ0n) is 19.3. The summed E-state index contributed by atoms with van der Waals surface area (Å²) in [5.41, 5.74) is 3.39. The molecule has 4 heteroatoms. The topological polar surface area (TPSA) is 41.6 Å². The maximum absolute atomic E-state index is 14.1. The molecule has 4 aromatic rings. The molecule has 0 aliphatic carbocycles. The summed E-state index contributed by atoms with van der Waals surface area (Å²) in [6.45, 7) is 4.51. The molecule has 1 saturated heterocycles. The SMILES string of the molecule is CC1(C)c2ccccc2N2C(C(=O)Nc3ccccc3)C3CC21Oc1ccc2ccccc2c13. The smallest absolute Gasteiger partial charge is 0.247 e. The zero-order chi connectivity index (χ0) is 23.1. The molecular formula is C30H26N2O2. The van der Waals surface area contributed by atoms with Crippen molar-refractivity contribution >= 4 is 28.1 Å². The highest BCUT2D eigenvalue weighted by atomic mass is 16.5. The van der Waals surface area contributed by atoms with Crippen LogP contribution in [0.4, 0.5) is 11.4 Å². The van der Waals surface area contributed by atoms with Gasteiger partial charge in [-0.05, 0) is 54.4 Å². The Bertz CT molecular complexity index is 1460. The lowest BCUT2D eigenvalue weighted by Crippen LogP contribution is -2.59. The van der Waals surface area contributed by atoms with Crippen molar-refractivity contribution < 1.29 is 9.53 Å². The molecule has 1 N–H and O–H groups in total. The number of hydrogen-bond acceptors (Lipinski definition) is 3. The number of rotatable bonds is 2. The van der Waals surface area contributed by atoms with E-state index in [1.807, 2.05) is 30.3 Å². The maximum Gasteiger partial charge on any atom is 0.247 e. The predicted octanol–water partition coefficient (Wildman–Crippen LogP) is 6.22. The number of anilines is 2. The first-order valence-electron chi connectivity index (χ1n) is 12.0. The van der Waals surface area contributed by atoms with E-state index in [-0.39, 0.29) is 23.3 Å². The molecule has 2 bridgehead atoms. The van der Waals surface area contributed by atoms with Gasteiger partial charge in [-0.15, -0.1) is 0 Å². The van der Waals surface area contributed by atoms with Crippen molar-refractivity contribution in [2.45, 2.75) is 43.4 Å². The van der Waals surface area contributed by atoms with Crippen LogP contribution in [0.15, 0.2) is 91.0 Å². The number of nitrogens with zero attached hydrogens (tertiary/aromatic N) is 1. The number of benzene rings is 4. The first-order valence-corrected chi connectivity index (χ1v) is 12.0. The van der Waals surface area contributed by atoms with Crippen molar-refractivity contribution in [3.63, 3.8) is 0 Å². The van der Waals surface area contributed by atoms with Crippen LogP contribution in [0.3, 0.4) is 0 Å². The molecule has 0 aromatic heterocycles. The fraction of sp³-hybridized carbons (Fsp3) is 0.233. The van der Waals surface area contributed by atoms with Crippen LogP contribution in [0.1, 0.15) is 37.3 Å². The Balaban J connectivity index is 1.46. The molecule has 4 aromatic carbocycles. The predicted molar refractivity (Wildman–Crippen MR) is 135 cm³/mol. The lowest BCUT2D eigenvalue weighted by molar-refractivity contribution is -0.117. The average Bonchev–Trinajstić information content (AvgIpc) is 3.23. The van der Waals surface area contributed by atoms with E-state index in [2.05, 4.69) is 84.7 Å². The molecule has 3 aliphatic heterocycles. The Morgan fingerprint density at radius 3 is 2.50 bits per heavy atom. The lowest BCUT2D eigenvalue weighted by atomic mass is 9.72. The molecule has 34 heavy (non-hydrogen) atoms. The van der Waals surface area contributed by atoms with Crippen molar-refractivity contribution in [2.24, 2.45) is 0 Å². The summed E-state index contributed by atoms with van der Waals surface area (Å²) in [7, 11) is 0. The summed E-state index contributed by atoms with van der Waals surface area (Å²) in [6, 6.07) is 30.5. The number of hydrogen-bond donors (Lipinski definition) is 1. The Morgan fingerprint density at radius 1 is 0.912 bits per heavy atom. The largest absolute Gasteiger partial charge is 0.467 e. The number of amides is 1. The summed E-state index contributed by atoms with van der Waals surface area (Å²) >= 11 is 0. The monoisotopic (exact) mass is 446 g/mol. The lowest BCUT2D eigenvalue weighted by Gasteiger charge is -2.45. The third-order valence-electron chi connectivity index (χ3n) is 8.25. The second-order valence-corrected chi connectivity index (χ2v) is 10.2. The van der Waals surface area contributed by atoms with Crippen LogP contribution in [0.5, 0.6) is 5.75 Å². The summed E-state index contributed by atoms with van der Waals surface area (Å²) in [6.07, 6.45) is 0.766. The molecule has 1 spiro atoms. The van der Waals surface area contributed by atoms with Crippen molar-refractivity contribution in [3.8, 4) is 5.75 Å². The molecule has 3 heterocycles. The molecule has 1 fully saturated rings. The number of para-hydroxylation sites is 2. The van der Waals surface area contributed by atoms with Crippen LogP contribution < -0.4 is 15.0 Å². The van der Waals surface area contributed by atoms with Crippen LogP contribution in [-0.2, 0) is 10.2 Å². The Labute approximate surface area is 199 Å². The van der Waals surface area contributed by atoms with Crippen molar-refractivity contribution in [2.75, 3.05) is 10.2 Å². The quantitative estimate of drug-likeness (QED) is 0.397. The first-order chi connectivity index (χ1) is 16.5. The highest BCUT2D eigenvalue weighted by Crippen LogP contribution is 2.65. The van der Waals surface area contributed by atoms with Crippen LogP contribution in [0, 0.1) is 0 Å². The summed E-state index contributed by atoms with van der Waals surface area (Å²) < 4.78 is 7.02. The maximum atomic E-state index is 14.1. The van der Waals surface area contributed by atoms with Crippen molar-refractivity contribution in [1.29, 1.82) is 0 Å². The van der Waals surface area contributed by atoms with Crippen LogP contribution in [0.25, 0.3) is 10.8 Å². The van der Waals surface area contributed by atoms with Gasteiger partial charge in [0, 0.05) is 29.3 Å². The molecule has 1 amide bonds. The van der Waals surface area contributed by atoms with Crippen LogP contribution in [-0.4, -0.2) is 17.7 Å². The van der Waals surface area contributed by atoms with Gasteiger partial charge < -0.3 is 15.0 Å². The van der Waals surface area contributed by atoms with Gasteiger partial charge in [0.15, 0.2) is 5.72 Å². The van der Waals surface area contributed by atoms with Crippen molar-refractivity contribution in [3.05, 3.63) is 102 Å². The van der Waals surface area contributed by atoms with E-state index in [1.165, 1.54) is 16.3 Å². The highest BCUT2D eigenvalue weighted by molar-refractivity contribution is 6.01. The van der Waals surface area contributed by atoms with Gasteiger partial charge in [-0.25, -0.2) is 0 Å². The molecule has 3 atom stereocenters. The third-order valence-corrected chi connectivity index (χ3v) is 8.25. The van der Waals surface area contributed by atoms with Crippen LogP contribution in [0.2, 0.25) is 0 Å². The minimum atomic E-state index is -0.616. The Morgan fingerprint density at radius 2 is 1.65 bits per heavy atom. The number of ether oxygens (including phenoxy) is 1. The fourth-order valence-corrected chi connectivity index (χ4v) is 6.68. The van der Waals surface area contributed by atoms with Crippen molar-refractivity contribution in [1.82, 2.24) is 0 Å². The second kappa shape index (κ2) is 6.63. The highest BCUT2D eigenvalue weighted by Gasteiger charge is 2.70. The van der Waals surface area contributed by atoms with E-state index in [0.29, 0.717) is 0 Å². The van der Waals surface area contributed by atoms with Gasteiger partial charge in [0.2, 0.25) is 5.91 Å². The molecule has 3 unspecified atom stereocenters. The van der Waals surface area contributed by atoms with Gasteiger partial charge in [-0.1, -0.05) is 66.7 Å². The van der Waals surface area contributed by atoms with Gasteiger partial charge >= 0.3 is 0 Å². The van der Waals surface area contributed by atoms with E-state index in [9.17, 15) is 4.79 Å². The molecule has 3 aliphatic rings. The van der Waals surface area contributed by atoms with E-state index in [4.69, 9.17) is 4.74 Å². The standard InChI is InChI=1S/C30H26N2O2/c1-29(2)23-14-8-9-15-24(23)32-27(28(33)31-20-11-4-3-5-12-20)22-18-30(29,32)34-25-17-16-19-10-6-7-13-21(19)26(22)25/h3-17,22,27H,18H2,1-2H3,(H,31,33). The number of carbonyl (C=O) groups excluding carboxylic acids is 1. The molecule has 0 radical (unpaired) electrons. The molecule has 0 saturated carbocycles. The minimum Gasteiger partial charge on any atom is -0.467 e. The molecule has 4 nitrogen and oxygen atoms in total. The normalized spacial score (nSPS) is 25.3. The zero-order valence-corrected chi connectivity index (χ0v) is 19.3. The number of nitrogens with one attached hydrogen (secondary N) is 1. The summed E-state index contributed by atoms with van der Waals surface area (Å²) in [4.78, 5) is 16.3. The minimum absolute atomic E-state index is 0.00922. The second-order valence-electron chi connectivity index (χ2n) is 10.2. The van der Waals surface area contributed by atoms with Gasteiger partial charge in [-0.2, -0.15) is 0 Å². The molecule has 7 rings (SSSR count). The molecule has 168 valence electrons.